The van der Waals surface area contributed by atoms with Gasteiger partial charge in [0.05, 0.1) is 5.69 Å². The molecule has 104 valence electrons. The van der Waals surface area contributed by atoms with E-state index in [0.29, 0.717) is 12.1 Å². The zero-order valence-electron chi connectivity index (χ0n) is 9.88. The molecule has 0 radical (unpaired) electrons. The maximum atomic E-state index is 13.0. The highest BCUT2D eigenvalue weighted by Gasteiger charge is 2.15. The molecule has 2 rings (SSSR count). The van der Waals surface area contributed by atoms with Crippen LogP contribution in [-0.2, 0) is 0 Å². The minimum atomic E-state index is -1.66. The molecule has 0 atom stereocenters. The van der Waals surface area contributed by atoms with Crippen LogP contribution in [-0.4, -0.2) is 5.91 Å². The Morgan fingerprint density at radius 2 is 1.55 bits per heavy atom. The van der Waals surface area contributed by atoms with Gasteiger partial charge in [0.1, 0.15) is 5.82 Å². The molecule has 0 saturated heterocycles. The molecule has 0 spiro atoms. The zero-order valence-corrected chi connectivity index (χ0v) is 9.88. The third-order valence-electron chi connectivity index (χ3n) is 2.50. The van der Waals surface area contributed by atoms with E-state index in [-0.39, 0.29) is 11.4 Å². The average molecular weight is 284 g/mol. The van der Waals surface area contributed by atoms with Crippen LogP contribution in [0.15, 0.2) is 30.3 Å². The van der Waals surface area contributed by atoms with Crippen LogP contribution in [0.1, 0.15) is 10.4 Å². The van der Waals surface area contributed by atoms with Gasteiger partial charge in [0.25, 0.3) is 5.91 Å². The third-order valence-corrected chi connectivity index (χ3v) is 2.50. The van der Waals surface area contributed by atoms with E-state index in [1.807, 2.05) is 0 Å². The maximum absolute atomic E-state index is 13.0. The number of nitrogens with two attached hydrogens (primary N) is 1. The SMILES string of the molecule is Nc1cc(NC(=O)c2cc(F)c(F)c(F)c2)ccc1F. The Balaban J connectivity index is 2.26. The van der Waals surface area contributed by atoms with Gasteiger partial charge in [-0.05, 0) is 30.3 Å². The van der Waals surface area contributed by atoms with E-state index in [0.717, 1.165) is 12.1 Å². The number of benzene rings is 2. The molecule has 0 heterocycles. The lowest BCUT2D eigenvalue weighted by atomic mass is 10.2. The summed E-state index contributed by atoms with van der Waals surface area (Å²) in [6, 6.07) is 4.50. The zero-order chi connectivity index (χ0) is 14.9. The molecule has 0 aliphatic carbocycles. The molecule has 3 nitrogen and oxygen atoms in total. The second-order valence-corrected chi connectivity index (χ2v) is 3.94. The van der Waals surface area contributed by atoms with Gasteiger partial charge in [-0.3, -0.25) is 4.79 Å². The molecule has 0 fully saturated rings. The van der Waals surface area contributed by atoms with Crippen molar-refractivity contribution in [1.29, 1.82) is 0 Å². The molecule has 0 aromatic heterocycles. The van der Waals surface area contributed by atoms with Crippen LogP contribution in [0.5, 0.6) is 0 Å². The van der Waals surface area contributed by atoms with Gasteiger partial charge in [0, 0.05) is 11.3 Å². The Morgan fingerprint density at radius 3 is 2.10 bits per heavy atom. The molecule has 0 saturated carbocycles. The topological polar surface area (TPSA) is 55.1 Å². The first-order valence-electron chi connectivity index (χ1n) is 5.39. The highest BCUT2D eigenvalue weighted by atomic mass is 19.2. The summed E-state index contributed by atoms with van der Waals surface area (Å²) in [5.74, 6) is -6.16. The quantitative estimate of drug-likeness (QED) is 0.506. The fourth-order valence-corrected chi connectivity index (χ4v) is 1.51. The largest absolute Gasteiger partial charge is 0.396 e. The van der Waals surface area contributed by atoms with Gasteiger partial charge < -0.3 is 11.1 Å². The minimum Gasteiger partial charge on any atom is -0.396 e. The van der Waals surface area contributed by atoms with Crippen LogP contribution in [0.4, 0.5) is 28.9 Å². The Hall–Kier alpha value is -2.57. The number of anilines is 2. The lowest BCUT2D eigenvalue weighted by Gasteiger charge is -2.07. The monoisotopic (exact) mass is 284 g/mol. The lowest BCUT2D eigenvalue weighted by molar-refractivity contribution is 0.102. The summed E-state index contributed by atoms with van der Waals surface area (Å²) in [4.78, 5) is 11.7. The summed E-state index contributed by atoms with van der Waals surface area (Å²) in [5, 5.41) is 2.26. The summed E-state index contributed by atoms with van der Waals surface area (Å²) in [7, 11) is 0. The predicted molar refractivity (Wildman–Crippen MR) is 65.1 cm³/mol. The maximum Gasteiger partial charge on any atom is 0.255 e. The van der Waals surface area contributed by atoms with Crippen molar-refractivity contribution < 1.29 is 22.4 Å². The number of halogens is 4. The number of amides is 1. The second-order valence-electron chi connectivity index (χ2n) is 3.94. The van der Waals surface area contributed by atoms with Gasteiger partial charge in [0.15, 0.2) is 17.5 Å². The molecule has 20 heavy (non-hydrogen) atoms. The first kappa shape index (κ1) is 13.9. The van der Waals surface area contributed by atoms with Crippen molar-refractivity contribution in [1.82, 2.24) is 0 Å². The van der Waals surface area contributed by atoms with E-state index in [1.165, 1.54) is 6.07 Å². The van der Waals surface area contributed by atoms with Crippen LogP contribution in [0, 0.1) is 23.3 Å². The van der Waals surface area contributed by atoms with Crippen LogP contribution in [0.3, 0.4) is 0 Å². The number of hydrogen-bond acceptors (Lipinski definition) is 2. The number of carbonyl (C=O) groups excluding carboxylic acids is 1. The van der Waals surface area contributed by atoms with E-state index in [1.54, 1.807) is 0 Å². The molecule has 0 aliphatic heterocycles. The van der Waals surface area contributed by atoms with E-state index in [4.69, 9.17) is 5.73 Å². The minimum absolute atomic E-state index is 0.138. The summed E-state index contributed by atoms with van der Waals surface area (Å²) >= 11 is 0. The van der Waals surface area contributed by atoms with Crippen LogP contribution >= 0.6 is 0 Å². The van der Waals surface area contributed by atoms with E-state index < -0.39 is 34.7 Å². The standard InChI is InChI=1S/C13H8F4N2O/c14-8-2-1-7(5-11(8)18)19-13(20)6-3-9(15)12(17)10(16)4-6/h1-5H,18H2,(H,19,20). The van der Waals surface area contributed by atoms with Crippen molar-refractivity contribution in [3.63, 3.8) is 0 Å². The Labute approximate surface area is 111 Å². The van der Waals surface area contributed by atoms with Crippen molar-refractivity contribution in [2.75, 3.05) is 11.1 Å². The van der Waals surface area contributed by atoms with Crippen LogP contribution < -0.4 is 11.1 Å². The second kappa shape index (κ2) is 5.20. The third kappa shape index (κ3) is 2.71. The molecule has 3 N–H and O–H groups in total. The number of nitrogen functional groups attached to an aromatic ring is 1. The highest BCUT2D eigenvalue weighted by Crippen LogP contribution is 2.18. The van der Waals surface area contributed by atoms with Gasteiger partial charge in [-0.1, -0.05) is 0 Å². The Kier molecular flexibility index (Phi) is 3.60. The molecule has 2 aromatic rings. The molecule has 7 heteroatoms. The molecular weight excluding hydrogens is 276 g/mol. The fourth-order valence-electron chi connectivity index (χ4n) is 1.51. The number of nitrogens with one attached hydrogen (secondary N) is 1. The summed E-state index contributed by atoms with van der Waals surface area (Å²) < 4.78 is 51.7. The van der Waals surface area contributed by atoms with Gasteiger partial charge >= 0.3 is 0 Å². The predicted octanol–water partition coefficient (Wildman–Crippen LogP) is 3.08. The summed E-state index contributed by atoms with van der Waals surface area (Å²) in [6.45, 7) is 0. The average Bonchev–Trinajstić information content (AvgIpc) is 2.39. The molecule has 0 unspecified atom stereocenters. The highest BCUT2D eigenvalue weighted by molar-refractivity contribution is 6.04. The van der Waals surface area contributed by atoms with Gasteiger partial charge in [-0.15, -0.1) is 0 Å². The van der Waals surface area contributed by atoms with Crippen LogP contribution in [0.25, 0.3) is 0 Å². The Morgan fingerprint density at radius 1 is 0.950 bits per heavy atom. The Bertz CT molecular complexity index is 665. The van der Waals surface area contributed by atoms with Crippen molar-refractivity contribution in [2.24, 2.45) is 0 Å². The van der Waals surface area contributed by atoms with Crippen molar-refractivity contribution in [3.8, 4) is 0 Å². The number of hydrogen-bond donors (Lipinski definition) is 2. The number of carbonyl (C=O) groups is 1. The van der Waals surface area contributed by atoms with Crippen molar-refractivity contribution in [3.05, 3.63) is 59.2 Å². The van der Waals surface area contributed by atoms with Crippen molar-refractivity contribution >= 4 is 17.3 Å². The fraction of sp³-hybridized carbons (Fsp3) is 0. The van der Waals surface area contributed by atoms with Gasteiger partial charge in [-0.25, -0.2) is 17.6 Å². The van der Waals surface area contributed by atoms with Gasteiger partial charge in [-0.2, -0.15) is 0 Å². The molecule has 0 bridgehead atoms. The lowest BCUT2D eigenvalue weighted by Crippen LogP contribution is -2.13. The summed E-state index contributed by atoms with van der Waals surface area (Å²) in [6.07, 6.45) is 0. The van der Waals surface area contributed by atoms with E-state index in [2.05, 4.69) is 5.32 Å². The van der Waals surface area contributed by atoms with Crippen LogP contribution in [0.2, 0.25) is 0 Å². The molecular formula is C13H8F4N2O. The smallest absolute Gasteiger partial charge is 0.255 e. The normalized spacial score (nSPS) is 10.4. The molecule has 2 aromatic carbocycles. The number of rotatable bonds is 2. The molecule has 0 aliphatic rings. The first-order valence-corrected chi connectivity index (χ1v) is 5.39. The van der Waals surface area contributed by atoms with Crippen molar-refractivity contribution in [2.45, 2.75) is 0 Å². The molecule has 1 amide bonds. The van der Waals surface area contributed by atoms with E-state index >= 15 is 0 Å². The van der Waals surface area contributed by atoms with E-state index in [9.17, 15) is 22.4 Å². The van der Waals surface area contributed by atoms with Gasteiger partial charge in [0.2, 0.25) is 0 Å². The summed E-state index contributed by atoms with van der Waals surface area (Å²) in [5.41, 5.74) is 4.84. The first-order chi connectivity index (χ1) is 9.38.